The highest BCUT2D eigenvalue weighted by Crippen LogP contribution is 2.31. The van der Waals surface area contributed by atoms with Crippen LogP contribution in [-0.4, -0.2) is 13.3 Å². The number of fused-ring (bicyclic) bond motifs is 1. The normalized spacial score (nSPS) is 11.8. The van der Waals surface area contributed by atoms with Crippen LogP contribution in [0.4, 0.5) is 0 Å². The van der Waals surface area contributed by atoms with Gasteiger partial charge in [-0.25, -0.2) is 4.79 Å². The number of alkyl halides is 3. The first-order valence-electron chi connectivity index (χ1n) is 6.67. The van der Waals surface area contributed by atoms with Gasteiger partial charge in [0.1, 0.15) is 0 Å². The largest absolute Gasteiger partial charge is 0.348 e. The maximum atomic E-state index is 12.4. The van der Waals surface area contributed by atoms with Crippen LogP contribution in [-0.2, 0) is 6.54 Å². The van der Waals surface area contributed by atoms with E-state index < -0.39 is 9.48 Å². The summed E-state index contributed by atoms with van der Waals surface area (Å²) in [6, 6.07) is 14.6. The molecule has 0 bridgehead atoms. The standard InChI is InChI=1S/C16H10Cl4N2O/c17-11-6-7-13-12(8-11)14(10-4-2-1-3-5-10)21-15(23)22(13)9-16(18,19)20/h1-8H,9H2. The average Bonchev–Trinajstić information content (AvgIpc) is 2.49. The molecule has 3 aromatic rings. The Morgan fingerprint density at radius 3 is 2.39 bits per heavy atom. The second-order valence-electron chi connectivity index (χ2n) is 4.97. The molecule has 0 unspecified atom stereocenters. The van der Waals surface area contributed by atoms with Gasteiger partial charge in [-0.15, -0.1) is 0 Å². The number of benzene rings is 2. The number of rotatable bonds is 2. The molecule has 0 saturated carbocycles. The van der Waals surface area contributed by atoms with Crippen LogP contribution in [0.3, 0.4) is 0 Å². The van der Waals surface area contributed by atoms with Crippen LogP contribution in [0.1, 0.15) is 0 Å². The molecular weight excluding hydrogens is 378 g/mol. The Kier molecular flexibility index (Phi) is 4.56. The average molecular weight is 388 g/mol. The van der Waals surface area contributed by atoms with E-state index in [0.717, 1.165) is 10.9 Å². The van der Waals surface area contributed by atoms with E-state index in [1.54, 1.807) is 18.2 Å². The maximum Gasteiger partial charge on any atom is 0.348 e. The third-order valence-corrected chi connectivity index (χ3v) is 3.92. The van der Waals surface area contributed by atoms with Gasteiger partial charge in [-0.1, -0.05) is 76.7 Å². The molecule has 2 aromatic carbocycles. The minimum Gasteiger partial charge on any atom is -0.288 e. The highest BCUT2D eigenvalue weighted by atomic mass is 35.6. The Bertz CT molecular complexity index is 917. The van der Waals surface area contributed by atoms with E-state index in [-0.39, 0.29) is 6.54 Å². The van der Waals surface area contributed by atoms with Gasteiger partial charge in [0.05, 0.1) is 17.8 Å². The maximum absolute atomic E-state index is 12.4. The van der Waals surface area contributed by atoms with Crippen LogP contribution in [0.5, 0.6) is 0 Å². The zero-order valence-corrected chi connectivity index (χ0v) is 14.7. The Morgan fingerprint density at radius 1 is 1.04 bits per heavy atom. The van der Waals surface area contributed by atoms with Crippen LogP contribution in [0, 0.1) is 0 Å². The van der Waals surface area contributed by atoms with E-state index in [2.05, 4.69) is 4.98 Å². The fourth-order valence-electron chi connectivity index (χ4n) is 2.40. The summed E-state index contributed by atoms with van der Waals surface area (Å²) in [5.41, 5.74) is 1.50. The first-order valence-corrected chi connectivity index (χ1v) is 8.18. The van der Waals surface area contributed by atoms with Crippen LogP contribution < -0.4 is 5.69 Å². The lowest BCUT2D eigenvalue weighted by atomic mass is 10.1. The quantitative estimate of drug-likeness (QED) is 0.574. The van der Waals surface area contributed by atoms with Crippen molar-refractivity contribution in [3.05, 3.63) is 64.0 Å². The smallest absolute Gasteiger partial charge is 0.288 e. The minimum atomic E-state index is -1.60. The van der Waals surface area contributed by atoms with Gasteiger partial charge in [-0.2, -0.15) is 4.98 Å². The van der Waals surface area contributed by atoms with E-state index in [4.69, 9.17) is 46.4 Å². The minimum absolute atomic E-state index is 0.100. The predicted octanol–water partition coefficient (Wildman–Crippen LogP) is 5.09. The molecule has 0 N–H and O–H groups in total. The Morgan fingerprint density at radius 2 is 1.74 bits per heavy atom. The number of aromatic nitrogens is 2. The first kappa shape index (κ1) is 16.6. The van der Waals surface area contributed by atoms with Gasteiger partial charge in [0, 0.05) is 16.0 Å². The molecule has 0 aliphatic heterocycles. The molecule has 3 nitrogen and oxygen atoms in total. The van der Waals surface area contributed by atoms with Crippen LogP contribution in [0.25, 0.3) is 22.2 Å². The van der Waals surface area contributed by atoms with Crippen molar-refractivity contribution >= 4 is 57.3 Å². The fourth-order valence-corrected chi connectivity index (χ4v) is 2.93. The van der Waals surface area contributed by atoms with Crippen LogP contribution in [0.2, 0.25) is 5.02 Å². The Balaban J connectivity index is 2.34. The molecule has 3 rings (SSSR count). The van der Waals surface area contributed by atoms with E-state index in [0.29, 0.717) is 16.2 Å². The fraction of sp³-hybridized carbons (Fsp3) is 0.125. The summed E-state index contributed by atoms with van der Waals surface area (Å²) in [6.07, 6.45) is 0. The predicted molar refractivity (Wildman–Crippen MR) is 96.7 cm³/mol. The van der Waals surface area contributed by atoms with Crippen molar-refractivity contribution in [2.24, 2.45) is 0 Å². The van der Waals surface area contributed by atoms with Crippen LogP contribution in [0.15, 0.2) is 53.3 Å². The summed E-state index contributed by atoms with van der Waals surface area (Å²) < 4.78 is -0.266. The lowest BCUT2D eigenvalue weighted by Gasteiger charge is -2.17. The van der Waals surface area contributed by atoms with Gasteiger partial charge in [0.15, 0.2) is 0 Å². The molecule has 0 aliphatic rings. The highest BCUT2D eigenvalue weighted by Gasteiger charge is 2.23. The molecule has 0 spiro atoms. The third kappa shape index (κ3) is 3.64. The van der Waals surface area contributed by atoms with Crippen molar-refractivity contribution in [3.8, 4) is 11.3 Å². The summed E-state index contributed by atoms with van der Waals surface area (Å²) in [6.45, 7) is -0.100. The van der Waals surface area contributed by atoms with Crippen molar-refractivity contribution in [2.75, 3.05) is 0 Å². The molecule has 0 amide bonds. The molecule has 1 aromatic heterocycles. The highest BCUT2D eigenvalue weighted by molar-refractivity contribution is 6.67. The summed E-state index contributed by atoms with van der Waals surface area (Å²) in [4.78, 5) is 16.6. The van der Waals surface area contributed by atoms with E-state index in [1.165, 1.54) is 4.57 Å². The van der Waals surface area contributed by atoms with E-state index in [9.17, 15) is 4.79 Å². The monoisotopic (exact) mass is 386 g/mol. The summed E-state index contributed by atoms with van der Waals surface area (Å²) in [5.74, 6) is 0. The van der Waals surface area contributed by atoms with Crippen LogP contribution >= 0.6 is 46.4 Å². The molecule has 0 aliphatic carbocycles. The Hall–Kier alpha value is -1.26. The molecular formula is C16H10Cl4N2O. The summed E-state index contributed by atoms with van der Waals surface area (Å²) in [7, 11) is 0. The van der Waals surface area contributed by atoms with Gasteiger partial charge in [-0.05, 0) is 18.2 Å². The lowest BCUT2D eigenvalue weighted by molar-refractivity contribution is 0.692. The number of hydrogen-bond acceptors (Lipinski definition) is 2. The zero-order valence-electron chi connectivity index (χ0n) is 11.6. The summed E-state index contributed by atoms with van der Waals surface area (Å²) in [5, 5.41) is 1.26. The second-order valence-corrected chi connectivity index (χ2v) is 7.92. The SMILES string of the molecule is O=c1nc(-c2ccccc2)c2cc(Cl)ccc2n1CC(Cl)(Cl)Cl. The molecule has 0 atom stereocenters. The topological polar surface area (TPSA) is 34.9 Å². The molecule has 0 fully saturated rings. The van der Waals surface area contributed by atoms with Crippen molar-refractivity contribution in [1.29, 1.82) is 0 Å². The molecule has 118 valence electrons. The van der Waals surface area contributed by atoms with Gasteiger partial charge >= 0.3 is 5.69 Å². The second kappa shape index (κ2) is 6.33. The number of halogens is 4. The number of hydrogen-bond donors (Lipinski definition) is 0. The van der Waals surface area contributed by atoms with Crippen molar-refractivity contribution in [3.63, 3.8) is 0 Å². The Labute approximate surface area is 152 Å². The van der Waals surface area contributed by atoms with Crippen molar-refractivity contribution < 1.29 is 0 Å². The van der Waals surface area contributed by atoms with Crippen molar-refractivity contribution in [1.82, 2.24) is 9.55 Å². The third-order valence-electron chi connectivity index (χ3n) is 3.33. The molecule has 0 radical (unpaired) electrons. The van der Waals surface area contributed by atoms with Crippen molar-refractivity contribution in [2.45, 2.75) is 10.3 Å². The van der Waals surface area contributed by atoms with Gasteiger partial charge in [-0.3, -0.25) is 4.57 Å². The lowest BCUT2D eigenvalue weighted by Crippen LogP contribution is -2.29. The first-order chi connectivity index (χ1) is 10.8. The van der Waals surface area contributed by atoms with E-state index >= 15 is 0 Å². The number of nitrogens with zero attached hydrogens (tertiary/aromatic N) is 2. The van der Waals surface area contributed by atoms with Gasteiger partial charge in [0.25, 0.3) is 0 Å². The zero-order chi connectivity index (χ0) is 16.6. The molecule has 1 heterocycles. The molecule has 7 heteroatoms. The molecule has 0 saturated heterocycles. The van der Waals surface area contributed by atoms with Gasteiger partial charge < -0.3 is 0 Å². The van der Waals surface area contributed by atoms with E-state index in [1.807, 2.05) is 30.3 Å². The molecule has 23 heavy (non-hydrogen) atoms. The van der Waals surface area contributed by atoms with Gasteiger partial charge in [0.2, 0.25) is 3.79 Å². The summed E-state index contributed by atoms with van der Waals surface area (Å²) >= 11 is 23.6.